The van der Waals surface area contributed by atoms with E-state index >= 15 is 0 Å². The van der Waals surface area contributed by atoms with Crippen molar-refractivity contribution in [2.75, 3.05) is 229 Å². The summed E-state index contributed by atoms with van der Waals surface area (Å²) in [6, 6.07) is 0. The quantitative estimate of drug-likeness (QED) is 0.0486. The Labute approximate surface area is 575 Å². The first kappa shape index (κ1) is 108. The van der Waals surface area contributed by atoms with Gasteiger partial charge in [-0.3, -0.25) is 0 Å². The number of hydrogen-bond acceptors (Lipinski definition) is 5. The number of ether oxygens (including phenoxy) is 3. The fourth-order valence-corrected chi connectivity index (χ4v) is 10.5. The lowest BCUT2D eigenvalue weighted by molar-refractivity contribution is -0.931. The molecular weight excluding hydrogens is 1110 g/mol. The van der Waals surface area contributed by atoms with Crippen molar-refractivity contribution in [3.05, 3.63) is 0 Å². The zero-order chi connectivity index (χ0) is 66.2. The molecule has 558 valence electrons. The van der Waals surface area contributed by atoms with Crippen LogP contribution in [0.3, 0.4) is 0 Å². The maximum atomic E-state index is 8.79. The lowest BCUT2D eigenvalue weighted by Gasteiger charge is -2.41. The van der Waals surface area contributed by atoms with E-state index in [1.807, 2.05) is 6.92 Å². The third-order valence-corrected chi connectivity index (χ3v) is 18.1. The standard InChI is InChI=1S/2C16H36NO.C13H28N.C12H29N2.C10H24NO.C8H20NO.4CH4/c1-5-7-9-10-11-12-13-17(3,4)14-16-18-15-8-6-2;1-5-7-9-11-13-17(3,4)14-16-18-15-12-10-8-6-2;1-3-5-6-8-11-14(4-2)12-9-7-10-13-14;1-6-7-8-9-11-14(4,5)12-10-13(2)3;1-4-5-6-7-8-11(2,3)9-10-12;1-5-9(3,4)7-8-10-6-2;;;;/h2*5-16H2,1-4H3;3-13H2,1-2H3;6-12H2,1-5H3;12H,4-10H2,1-3H3;5-8H2,1-4H3;4*1H4/q6*+1;;;;. The predicted molar refractivity (Wildman–Crippen MR) is 414 cm³/mol. The summed E-state index contributed by atoms with van der Waals surface area (Å²) >= 11 is 0. The third kappa shape index (κ3) is 87.6. The molecular formula is C79H189N7O4+6. The molecule has 0 bridgehead atoms. The van der Waals surface area contributed by atoms with Crippen LogP contribution in [0.4, 0.5) is 0 Å². The summed E-state index contributed by atoms with van der Waals surface area (Å²) in [6.07, 6.45) is 42.4. The number of nitrogens with zero attached hydrogens (tertiary/aromatic N) is 7. The highest BCUT2D eigenvalue weighted by Gasteiger charge is 2.27. The Hall–Kier alpha value is -0.440. The molecule has 1 aliphatic heterocycles. The largest absolute Gasteiger partial charge is 0.391 e. The second-order valence-corrected chi connectivity index (χ2v) is 29.8. The summed E-state index contributed by atoms with van der Waals surface area (Å²) in [7, 11) is 27.1. The molecule has 11 heteroatoms. The second-order valence-electron chi connectivity index (χ2n) is 29.8. The number of quaternary nitrogens is 6. The summed E-state index contributed by atoms with van der Waals surface area (Å²) in [5, 5.41) is 8.79. The van der Waals surface area contributed by atoms with Crippen molar-refractivity contribution in [2.24, 2.45) is 0 Å². The molecule has 0 aromatic rings. The Bertz CT molecular complexity index is 1280. The fourth-order valence-electron chi connectivity index (χ4n) is 10.5. The lowest BCUT2D eigenvalue weighted by atomic mass is 10.1. The third-order valence-electron chi connectivity index (χ3n) is 18.1. The smallest absolute Gasteiger partial charge is 0.102 e. The van der Waals surface area contributed by atoms with Crippen molar-refractivity contribution in [1.82, 2.24) is 4.90 Å². The van der Waals surface area contributed by atoms with Crippen molar-refractivity contribution in [3.8, 4) is 0 Å². The van der Waals surface area contributed by atoms with Crippen molar-refractivity contribution in [1.29, 1.82) is 0 Å². The maximum absolute atomic E-state index is 8.79. The fraction of sp³-hybridized carbons (Fsp3) is 1.00. The second kappa shape index (κ2) is 75.9. The van der Waals surface area contributed by atoms with Crippen LogP contribution < -0.4 is 0 Å². The average Bonchev–Trinajstić information content (AvgIpc) is 2.26. The highest BCUT2D eigenvalue weighted by atomic mass is 16.5. The molecule has 0 amide bonds. The Morgan fingerprint density at radius 2 is 0.633 bits per heavy atom. The van der Waals surface area contributed by atoms with E-state index in [1.165, 1.54) is 280 Å². The van der Waals surface area contributed by atoms with Gasteiger partial charge >= 0.3 is 0 Å². The summed E-state index contributed by atoms with van der Waals surface area (Å²) in [4.78, 5) is 2.27. The van der Waals surface area contributed by atoms with E-state index in [9.17, 15) is 0 Å². The van der Waals surface area contributed by atoms with E-state index in [-0.39, 0.29) is 29.7 Å². The molecule has 1 rings (SSSR count). The van der Waals surface area contributed by atoms with Crippen LogP contribution in [0.1, 0.15) is 298 Å². The van der Waals surface area contributed by atoms with Crippen LogP contribution in [0.15, 0.2) is 0 Å². The van der Waals surface area contributed by atoms with Gasteiger partial charge in [0.2, 0.25) is 0 Å². The summed E-state index contributed by atoms with van der Waals surface area (Å²) in [5.74, 6) is 0. The molecule has 0 unspecified atom stereocenters. The van der Waals surface area contributed by atoms with Gasteiger partial charge in [0, 0.05) is 26.4 Å². The lowest BCUT2D eigenvalue weighted by Crippen LogP contribution is -2.51. The maximum Gasteiger partial charge on any atom is 0.102 e. The van der Waals surface area contributed by atoms with Gasteiger partial charge in [-0.25, -0.2) is 0 Å². The molecule has 0 spiro atoms. The molecule has 1 saturated heterocycles. The first-order chi connectivity index (χ1) is 40.8. The number of rotatable bonds is 52. The van der Waals surface area contributed by atoms with Gasteiger partial charge in [0.05, 0.1) is 162 Å². The van der Waals surface area contributed by atoms with Crippen LogP contribution in [-0.2, 0) is 14.2 Å². The minimum atomic E-state index is 0. The molecule has 90 heavy (non-hydrogen) atoms. The van der Waals surface area contributed by atoms with E-state index in [0.29, 0.717) is 6.61 Å². The molecule has 1 heterocycles. The number of aliphatic hydroxyl groups is 1. The number of unbranched alkanes of at least 4 members (excludes halogenated alkanes) is 21. The average molecular weight is 1300 g/mol. The predicted octanol–water partition coefficient (Wildman–Crippen LogP) is 19.6. The molecule has 0 atom stereocenters. The minimum Gasteiger partial charge on any atom is -0.391 e. The van der Waals surface area contributed by atoms with Gasteiger partial charge in [-0.2, -0.15) is 0 Å². The zero-order valence-electron chi connectivity index (χ0n) is 64.3. The van der Waals surface area contributed by atoms with Crippen LogP contribution in [0.2, 0.25) is 0 Å². The number of hydrogen-bond donors (Lipinski definition) is 1. The van der Waals surface area contributed by atoms with Gasteiger partial charge in [-0.05, 0) is 131 Å². The van der Waals surface area contributed by atoms with Gasteiger partial charge in [-0.15, -0.1) is 0 Å². The summed E-state index contributed by atoms with van der Waals surface area (Å²) in [6.45, 7) is 47.0. The molecule has 0 aromatic carbocycles. The minimum absolute atomic E-state index is 0. The zero-order valence-corrected chi connectivity index (χ0v) is 64.3. The van der Waals surface area contributed by atoms with Crippen LogP contribution >= 0.6 is 0 Å². The van der Waals surface area contributed by atoms with Gasteiger partial charge in [0.15, 0.2) is 0 Å². The normalized spacial score (nSPS) is 12.9. The molecule has 11 nitrogen and oxygen atoms in total. The van der Waals surface area contributed by atoms with Gasteiger partial charge in [0.25, 0.3) is 0 Å². The van der Waals surface area contributed by atoms with Crippen LogP contribution in [0.5, 0.6) is 0 Å². The van der Waals surface area contributed by atoms with Crippen LogP contribution in [0, 0.1) is 0 Å². The molecule has 0 aromatic heterocycles. The molecule has 0 saturated carbocycles. The Morgan fingerprint density at radius 3 is 0.989 bits per heavy atom. The van der Waals surface area contributed by atoms with E-state index < -0.39 is 0 Å². The summed E-state index contributed by atoms with van der Waals surface area (Å²) in [5.41, 5.74) is 0. The SMILES string of the molecule is C.C.C.C.CCCCCCCC[N+](C)(C)CCOCCCC.CCCCCCOCC[N+](C)(C)CCCCCC.CCCCCC[N+](C)(C)CCN(C)C.CCCCCC[N+](C)(C)CCO.CCCCCC[N+]1(CC)CCCCC1.CCOCC[N+](C)(C)CC. The molecule has 1 fully saturated rings. The Morgan fingerprint density at radius 1 is 0.322 bits per heavy atom. The molecule has 1 N–H and O–H groups in total. The van der Waals surface area contributed by atoms with Gasteiger partial charge in [-0.1, -0.05) is 181 Å². The Balaban J connectivity index is -0.000000125. The number of likely N-dealkylation sites (N-methyl/N-ethyl adjacent to an activating group) is 6. The van der Waals surface area contributed by atoms with Gasteiger partial charge < -0.3 is 51.1 Å². The molecule has 0 radical (unpaired) electrons. The highest BCUT2D eigenvalue weighted by Crippen LogP contribution is 2.20. The number of piperidine rings is 1. The van der Waals surface area contributed by atoms with Crippen LogP contribution in [0.25, 0.3) is 0 Å². The van der Waals surface area contributed by atoms with Crippen LogP contribution in [-0.4, -0.2) is 266 Å². The van der Waals surface area contributed by atoms with Crippen molar-refractivity contribution < 1.29 is 46.2 Å². The van der Waals surface area contributed by atoms with Crippen molar-refractivity contribution in [2.45, 2.75) is 298 Å². The molecule has 0 aliphatic carbocycles. The first-order valence-corrected chi connectivity index (χ1v) is 37.7. The molecule has 1 aliphatic rings. The van der Waals surface area contributed by atoms with Crippen molar-refractivity contribution in [3.63, 3.8) is 0 Å². The van der Waals surface area contributed by atoms with Gasteiger partial charge in [0.1, 0.15) is 26.2 Å². The monoisotopic (exact) mass is 1300 g/mol. The first-order valence-electron chi connectivity index (χ1n) is 37.7. The van der Waals surface area contributed by atoms with E-state index in [4.69, 9.17) is 19.3 Å². The van der Waals surface area contributed by atoms with E-state index in [2.05, 4.69) is 152 Å². The topological polar surface area (TPSA) is 51.2 Å². The van der Waals surface area contributed by atoms with Crippen molar-refractivity contribution >= 4 is 0 Å². The van der Waals surface area contributed by atoms with E-state index in [0.717, 1.165) is 83.8 Å². The number of aliphatic hydroxyl groups excluding tert-OH is 1. The highest BCUT2D eigenvalue weighted by molar-refractivity contribution is 4.55. The Kier molecular flexibility index (Phi) is 91.3. The summed E-state index contributed by atoms with van der Waals surface area (Å²) < 4.78 is 23.5. The number of likely N-dealkylation sites (tertiary alicyclic amines) is 1. The van der Waals surface area contributed by atoms with E-state index in [1.54, 1.807) is 0 Å².